The van der Waals surface area contributed by atoms with Gasteiger partial charge in [0.25, 0.3) is 5.69 Å². The molecule has 0 aliphatic heterocycles. The smallest absolute Gasteiger partial charge is 0.258 e. The van der Waals surface area contributed by atoms with Gasteiger partial charge in [0.05, 0.1) is 21.1 Å². The van der Waals surface area contributed by atoms with Crippen molar-refractivity contribution in [2.24, 2.45) is 0 Å². The third-order valence-electron chi connectivity index (χ3n) is 1.68. The monoisotopic (exact) mass is 232 g/mol. The van der Waals surface area contributed by atoms with E-state index in [1.54, 1.807) is 0 Å². The second-order valence-corrected chi connectivity index (χ2v) is 3.69. The number of nitro benzene ring substituents is 1. The van der Waals surface area contributed by atoms with Crippen LogP contribution in [0.5, 0.6) is 0 Å². The number of aromatic nitrogens is 1. The fourth-order valence-electron chi connectivity index (χ4n) is 1.08. The lowest BCUT2D eigenvalue weighted by atomic mass is 10.2. The second-order valence-electron chi connectivity index (χ2n) is 2.53. The van der Waals surface area contributed by atoms with Gasteiger partial charge in [0.1, 0.15) is 5.82 Å². The van der Waals surface area contributed by atoms with Crippen molar-refractivity contribution < 1.29 is 9.31 Å². The van der Waals surface area contributed by atoms with Crippen LogP contribution in [0.3, 0.4) is 0 Å². The number of nitrogens with zero attached hydrogens (tertiary/aromatic N) is 2. The molecule has 0 N–H and O–H groups in total. The number of hydrogen-bond donors (Lipinski definition) is 0. The zero-order chi connectivity index (χ0) is 10.3. The minimum atomic E-state index is -0.715. The number of hydrogen-bond acceptors (Lipinski definition) is 4. The molecule has 1 aromatic carbocycles. The Balaban J connectivity index is 2.80. The molecule has 0 saturated carbocycles. The van der Waals surface area contributed by atoms with Crippen molar-refractivity contribution in [2.45, 2.75) is 0 Å². The third kappa shape index (κ3) is 1.32. The molecule has 7 heteroatoms. The minimum Gasteiger partial charge on any atom is -0.258 e. The van der Waals surface area contributed by atoms with Crippen LogP contribution in [-0.2, 0) is 0 Å². The SMILES string of the molecule is O=[N+]([O-])c1cc(F)c2c(Cl)nsc2c1. The number of fused-ring (bicyclic) bond motifs is 1. The van der Waals surface area contributed by atoms with Gasteiger partial charge in [0.2, 0.25) is 0 Å². The van der Waals surface area contributed by atoms with E-state index in [1.807, 2.05) is 0 Å². The Morgan fingerprint density at radius 2 is 2.29 bits per heavy atom. The summed E-state index contributed by atoms with van der Waals surface area (Å²) in [5.74, 6) is -0.715. The first-order chi connectivity index (χ1) is 6.59. The lowest BCUT2D eigenvalue weighted by Crippen LogP contribution is -1.88. The molecule has 2 rings (SSSR count). The molecule has 0 spiro atoms. The Labute approximate surface area is 86.2 Å². The normalized spacial score (nSPS) is 10.7. The van der Waals surface area contributed by atoms with Crippen molar-refractivity contribution >= 4 is 38.9 Å². The van der Waals surface area contributed by atoms with Crippen molar-refractivity contribution in [2.75, 3.05) is 0 Å². The summed E-state index contributed by atoms with van der Waals surface area (Å²) in [6.07, 6.45) is 0. The van der Waals surface area contributed by atoms with Crippen LogP contribution >= 0.6 is 23.1 Å². The molecule has 0 atom stereocenters. The van der Waals surface area contributed by atoms with E-state index in [2.05, 4.69) is 4.37 Å². The van der Waals surface area contributed by atoms with Crippen LogP contribution in [0.15, 0.2) is 12.1 Å². The maximum atomic E-state index is 13.3. The second kappa shape index (κ2) is 3.14. The molecular weight excluding hydrogens is 231 g/mol. The summed E-state index contributed by atoms with van der Waals surface area (Å²) in [6, 6.07) is 2.09. The highest BCUT2D eigenvalue weighted by Crippen LogP contribution is 2.32. The van der Waals surface area contributed by atoms with E-state index < -0.39 is 10.7 Å². The summed E-state index contributed by atoms with van der Waals surface area (Å²) in [5.41, 5.74) is -0.296. The van der Waals surface area contributed by atoms with Gasteiger partial charge in [-0.2, -0.15) is 4.37 Å². The Bertz CT molecular complexity index is 528. The van der Waals surface area contributed by atoms with Gasteiger partial charge in [0.15, 0.2) is 5.15 Å². The number of rotatable bonds is 1. The quantitative estimate of drug-likeness (QED) is 0.561. The molecule has 0 amide bonds. The molecule has 0 saturated heterocycles. The van der Waals surface area contributed by atoms with Crippen LogP contribution in [-0.4, -0.2) is 9.30 Å². The van der Waals surface area contributed by atoms with Crippen molar-refractivity contribution in [1.82, 2.24) is 4.37 Å². The van der Waals surface area contributed by atoms with E-state index in [-0.39, 0.29) is 16.2 Å². The topological polar surface area (TPSA) is 56.0 Å². The summed E-state index contributed by atoms with van der Waals surface area (Å²) in [4.78, 5) is 9.74. The molecule has 0 fully saturated rings. The molecule has 14 heavy (non-hydrogen) atoms. The first-order valence-corrected chi connectivity index (χ1v) is 4.63. The summed E-state index contributed by atoms with van der Waals surface area (Å²) >= 11 is 6.53. The fraction of sp³-hybridized carbons (Fsp3) is 0. The number of benzene rings is 1. The molecular formula is C7H2ClFN2O2S. The Hall–Kier alpha value is -1.27. The van der Waals surface area contributed by atoms with Crippen molar-refractivity contribution in [3.05, 3.63) is 33.2 Å². The molecule has 4 nitrogen and oxygen atoms in total. The zero-order valence-corrected chi connectivity index (χ0v) is 8.10. The van der Waals surface area contributed by atoms with Crippen LogP contribution in [0.25, 0.3) is 10.1 Å². The first kappa shape index (κ1) is 9.29. The lowest BCUT2D eigenvalue weighted by Gasteiger charge is -1.93. The van der Waals surface area contributed by atoms with E-state index in [4.69, 9.17) is 11.6 Å². The molecule has 1 aromatic heterocycles. The van der Waals surface area contributed by atoms with Crippen molar-refractivity contribution in [3.8, 4) is 0 Å². The maximum absolute atomic E-state index is 13.3. The number of halogens is 2. The highest BCUT2D eigenvalue weighted by Gasteiger charge is 2.15. The van der Waals surface area contributed by atoms with E-state index in [0.29, 0.717) is 4.70 Å². The summed E-state index contributed by atoms with van der Waals surface area (Å²) in [7, 11) is 0. The highest BCUT2D eigenvalue weighted by atomic mass is 35.5. The van der Waals surface area contributed by atoms with Gasteiger partial charge >= 0.3 is 0 Å². The van der Waals surface area contributed by atoms with Gasteiger partial charge in [0, 0.05) is 6.07 Å². The van der Waals surface area contributed by atoms with E-state index in [1.165, 1.54) is 6.07 Å². The number of non-ortho nitro benzene ring substituents is 1. The summed E-state index contributed by atoms with van der Waals surface area (Å²) in [6.45, 7) is 0. The van der Waals surface area contributed by atoms with Crippen LogP contribution in [0.1, 0.15) is 0 Å². The van der Waals surface area contributed by atoms with Gasteiger partial charge in [-0.25, -0.2) is 4.39 Å². The molecule has 2 aromatic rings. The highest BCUT2D eigenvalue weighted by molar-refractivity contribution is 7.13. The van der Waals surface area contributed by atoms with E-state index >= 15 is 0 Å². The van der Waals surface area contributed by atoms with Gasteiger partial charge in [-0.1, -0.05) is 11.6 Å². The average Bonchev–Trinajstić information content (AvgIpc) is 2.48. The minimum absolute atomic E-state index is 0.0393. The van der Waals surface area contributed by atoms with Gasteiger partial charge in [-0.05, 0) is 11.5 Å². The van der Waals surface area contributed by atoms with Crippen molar-refractivity contribution in [1.29, 1.82) is 0 Å². The average molecular weight is 233 g/mol. The first-order valence-electron chi connectivity index (χ1n) is 3.48. The Kier molecular flexibility index (Phi) is 2.09. The van der Waals surface area contributed by atoms with Crippen LogP contribution in [0.2, 0.25) is 5.15 Å². The molecule has 0 aliphatic carbocycles. The van der Waals surface area contributed by atoms with Crippen LogP contribution in [0.4, 0.5) is 10.1 Å². The predicted molar refractivity (Wildman–Crippen MR) is 51.2 cm³/mol. The molecule has 0 radical (unpaired) electrons. The molecule has 0 unspecified atom stereocenters. The summed E-state index contributed by atoms with van der Waals surface area (Å²) in [5, 5.41) is 10.6. The molecule has 0 aliphatic rings. The van der Waals surface area contributed by atoms with Crippen LogP contribution in [0, 0.1) is 15.9 Å². The Morgan fingerprint density at radius 1 is 1.57 bits per heavy atom. The summed E-state index contributed by atoms with van der Waals surface area (Å²) < 4.78 is 17.4. The maximum Gasteiger partial charge on any atom is 0.273 e. The molecule has 0 bridgehead atoms. The van der Waals surface area contributed by atoms with E-state index in [0.717, 1.165) is 17.6 Å². The largest absolute Gasteiger partial charge is 0.273 e. The molecule has 1 heterocycles. The van der Waals surface area contributed by atoms with Crippen LogP contribution < -0.4 is 0 Å². The standard InChI is InChI=1S/C7H2ClFN2O2S/c8-7-6-4(9)1-3(11(12)13)2-5(6)14-10-7/h1-2H. The Morgan fingerprint density at radius 3 is 2.93 bits per heavy atom. The number of nitro groups is 1. The lowest BCUT2D eigenvalue weighted by molar-refractivity contribution is -0.384. The third-order valence-corrected chi connectivity index (χ3v) is 2.85. The van der Waals surface area contributed by atoms with E-state index in [9.17, 15) is 14.5 Å². The predicted octanol–water partition coefficient (Wildman–Crippen LogP) is 3.00. The van der Waals surface area contributed by atoms with Gasteiger partial charge < -0.3 is 0 Å². The van der Waals surface area contributed by atoms with Crippen molar-refractivity contribution in [3.63, 3.8) is 0 Å². The molecule has 72 valence electrons. The fourth-order valence-corrected chi connectivity index (χ4v) is 2.16. The van der Waals surface area contributed by atoms with Gasteiger partial charge in [-0.15, -0.1) is 0 Å². The zero-order valence-electron chi connectivity index (χ0n) is 6.53. The van der Waals surface area contributed by atoms with Gasteiger partial charge in [-0.3, -0.25) is 10.1 Å².